The van der Waals surface area contributed by atoms with Crippen molar-refractivity contribution in [3.63, 3.8) is 0 Å². The molecule has 0 aromatic heterocycles. The zero-order valence-electron chi connectivity index (χ0n) is 30.4. The van der Waals surface area contributed by atoms with Crippen LogP contribution in [0.1, 0.15) is 52.7 Å². The zero-order valence-corrected chi connectivity index (χ0v) is 32.1. The van der Waals surface area contributed by atoms with Gasteiger partial charge in [0.25, 0.3) is 0 Å². The number of nitrogens with one attached hydrogen (secondary N) is 3. The third-order valence-electron chi connectivity index (χ3n) is 6.69. The Morgan fingerprint density at radius 2 is 1.09 bits per heavy atom. The van der Waals surface area contributed by atoms with Crippen LogP contribution in [0.4, 0.5) is 15.3 Å². The van der Waals surface area contributed by atoms with Gasteiger partial charge in [-0.2, -0.15) is 4.72 Å². The van der Waals surface area contributed by atoms with Crippen LogP contribution in [0.5, 0.6) is 11.5 Å². The number of alkyl carbamates (subject to hydrolysis) is 2. The molecule has 0 saturated carbocycles. The van der Waals surface area contributed by atoms with Crippen molar-refractivity contribution in [3.8, 4) is 11.5 Å². The van der Waals surface area contributed by atoms with E-state index < -0.39 is 46.8 Å². The van der Waals surface area contributed by atoms with Crippen molar-refractivity contribution >= 4 is 41.5 Å². The first-order chi connectivity index (χ1) is 24.9. The topological polar surface area (TPSA) is 171 Å². The number of carbonyl (C=O) groups excluding carboxylic acids is 2. The fourth-order valence-corrected chi connectivity index (χ4v) is 8.38. The number of sulfonamides is 1. The molecule has 0 heterocycles. The molecule has 13 nitrogen and oxygen atoms in total. The molecule has 0 bridgehead atoms. The number of amides is 2. The van der Waals surface area contributed by atoms with E-state index in [1.54, 1.807) is 157 Å². The Morgan fingerprint density at radius 1 is 0.660 bits per heavy atom. The molecule has 4 rings (SSSR count). The van der Waals surface area contributed by atoms with E-state index >= 15 is 0 Å². The van der Waals surface area contributed by atoms with Crippen LogP contribution in [0, 0.1) is 0 Å². The fraction of sp³-hybridized carbons (Fsp3) is 0.289. The Kier molecular flexibility index (Phi) is 13.5. The number of guanidine groups is 1. The maximum atomic E-state index is 14.9. The molecule has 0 aliphatic carbocycles. The maximum absolute atomic E-state index is 14.9. The molecule has 0 radical (unpaired) electrons. The fourth-order valence-electron chi connectivity index (χ4n) is 4.61. The Balaban J connectivity index is 1.69. The van der Waals surface area contributed by atoms with Crippen LogP contribution in [0.15, 0.2) is 120 Å². The molecule has 0 aliphatic heterocycles. The van der Waals surface area contributed by atoms with Crippen molar-refractivity contribution in [2.24, 2.45) is 4.99 Å². The van der Waals surface area contributed by atoms with E-state index in [2.05, 4.69) is 20.3 Å². The van der Waals surface area contributed by atoms with Gasteiger partial charge in [0.2, 0.25) is 16.0 Å². The zero-order chi connectivity index (χ0) is 38.7. The van der Waals surface area contributed by atoms with Crippen molar-refractivity contribution in [2.45, 2.75) is 70.7 Å². The number of carbonyl (C=O) groups is 2. The lowest BCUT2D eigenvalue weighted by atomic mass is 10.1. The van der Waals surface area contributed by atoms with E-state index in [1.807, 2.05) is 0 Å². The van der Waals surface area contributed by atoms with Crippen LogP contribution in [-0.2, 0) is 36.2 Å². The summed E-state index contributed by atoms with van der Waals surface area (Å²) in [7, 11) is -8.49. The molecule has 4 aromatic carbocycles. The van der Waals surface area contributed by atoms with Crippen LogP contribution in [-0.4, -0.2) is 43.5 Å². The summed E-state index contributed by atoms with van der Waals surface area (Å²) in [5, 5.41) is 4.86. The minimum absolute atomic E-state index is 0.131. The smallest absolute Gasteiger partial charge is 0.444 e. The normalized spacial score (nSPS) is 12.5. The third kappa shape index (κ3) is 14.4. The second-order valence-corrected chi connectivity index (χ2v) is 17.6. The molecular formula is C38H45N4O9PS. The van der Waals surface area contributed by atoms with E-state index in [-0.39, 0.29) is 29.6 Å². The first kappa shape index (κ1) is 40.6. The van der Waals surface area contributed by atoms with Gasteiger partial charge in [-0.15, -0.1) is 0 Å². The molecule has 0 aliphatic rings. The van der Waals surface area contributed by atoms with Gasteiger partial charge in [0, 0.05) is 6.42 Å². The quantitative estimate of drug-likeness (QED) is 0.0733. The summed E-state index contributed by atoms with van der Waals surface area (Å²) < 4.78 is 67.5. The van der Waals surface area contributed by atoms with Gasteiger partial charge in [-0.3, -0.25) is 10.6 Å². The summed E-state index contributed by atoms with van der Waals surface area (Å²) in [5.41, 5.74) is -0.293. The Hall–Kier alpha value is -5.17. The van der Waals surface area contributed by atoms with Crippen molar-refractivity contribution in [3.05, 3.63) is 126 Å². The SMILES string of the molecule is CC(C)(C)OC(=O)NC(=Nc1ccc(CC(NS(=O)(=O)Cc2ccccc2)P(=O)(Oc2ccccc2)Oc2ccccc2)cc1)NC(=O)OC(C)(C)C. The van der Waals surface area contributed by atoms with E-state index in [0.717, 1.165) is 0 Å². The predicted molar refractivity (Wildman–Crippen MR) is 204 cm³/mol. The summed E-state index contributed by atoms with van der Waals surface area (Å²) in [6.07, 6.45) is -1.85. The minimum Gasteiger partial charge on any atom is -0.444 e. The number of rotatable bonds is 12. The largest absolute Gasteiger partial charge is 0.448 e. The Labute approximate surface area is 310 Å². The van der Waals surface area contributed by atoms with Crippen LogP contribution in [0.2, 0.25) is 0 Å². The van der Waals surface area contributed by atoms with Gasteiger partial charge in [-0.25, -0.2) is 27.6 Å². The number of nitrogens with zero attached hydrogens (tertiary/aromatic N) is 1. The predicted octanol–water partition coefficient (Wildman–Crippen LogP) is 8.06. The number of hydrogen-bond donors (Lipinski definition) is 3. The number of hydrogen-bond acceptors (Lipinski definition) is 10. The van der Waals surface area contributed by atoms with Crippen LogP contribution in [0.25, 0.3) is 0 Å². The summed E-state index contributed by atoms with van der Waals surface area (Å²) in [6, 6.07) is 31.7. The number of aliphatic imine (C=N–C) groups is 1. The standard InChI is InChI=1S/C38H45N4O9PS/c1-37(2,3)48-35(43)40-34(41-36(44)49-38(4,5)6)39-30-24-22-28(23-25-30)26-33(42-53(46,47)27-29-16-10-7-11-17-29)52(45,50-31-18-12-8-13-19-31)51-32-20-14-9-15-21-32/h7-25,33,42H,26-27H2,1-6H3,(H2,39,40,41,43,44). The highest BCUT2D eigenvalue weighted by molar-refractivity contribution is 7.89. The molecule has 0 saturated heterocycles. The van der Waals surface area contributed by atoms with E-state index in [1.165, 1.54) is 0 Å². The van der Waals surface area contributed by atoms with E-state index in [4.69, 9.17) is 18.5 Å². The minimum atomic E-state index is -4.38. The molecule has 1 atom stereocenters. The molecule has 2 amide bonds. The molecule has 4 aromatic rings. The van der Waals surface area contributed by atoms with Gasteiger partial charge >= 0.3 is 19.8 Å². The molecular weight excluding hydrogens is 719 g/mol. The second-order valence-electron chi connectivity index (χ2n) is 13.8. The number of benzene rings is 4. The highest BCUT2D eigenvalue weighted by Gasteiger charge is 2.42. The van der Waals surface area contributed by atoms with Crippen LogP contribution >= 0.6 is 7.60 Å². The molecule has 282 valence electrons. The van der Waals surface area contributed by atoms with Gasteiger partial charge < -0.3 is 18.5 Å². The van der Waals surface area contributed by atoms with Gasteiger partial charge in [-0.1, -0.05) is 78.9 Å². The van der Waals surface area contributed by atoms with Gasteiger partial charge in [0.05, 0.1) is 11.4 Å². The average molecular weight is 765 g/mol. The highest BCUT2D eigenvalue weighted by Crippen LogP contribution is 2.53. The van der Waals surface area contributed by atoms with Crippen molar-refractivity contribution in [1.29, 1.82) is 0 Å². The van der Waals surface area contributed by atoms with Crippen LogP contribution < -0.4 is 24.4 Å². The second kappa shape index (κ2) is 17.6. The van der Waals surface area contributed by atoms with Crippen molar-refractivity contribution < 1.29 is 41.1 Å². The summed E-state index contributed by atoms with van der Waals surface area (Å²) in [4.78, 5) is 29.5. The monoisotopic (exact) mass is 764 g/mol. The highest BCUT2D eigenvalue weighted by atomic mass is 32.2. The summed E-state index contributed by atoms with van der Waals surface area (Å²) >= 11 is 0. The molecule has 53 heavy (non-hydrogen) atoms. The molecule has 0 spiro atoms. The molecule has 1 unspecified atom stereocenters. The van der Waals surface area contributed by atoms with Gasteiger partial charge in [-0.05, 0) is 89.1 Å². The third-order valence-corrected chi connectivity index (χ3v) is 10.2. The summed E-state index contributed by atoms with van der Waals surface area (Å²) in [5.74, 6) is -1.61. The van der Waals surface area contributed by atoms with Gasteiger partial charge in [0.1, 0.15) is 22.7 Å². The lowest BCUT2D eigenvalue weighted by molar-refractivity contribution is 0.0545. The average Bonchev–Trinajstić information content (AvgIpc) is 3.04. The van der Waals surface area contributed by atoms with Crippen LogP contribution in [0.3, 0.4) is 0 Å². The molecule has 0 fully saturated rings. The first-order valence-electron chi connectivity index (χ1n) is 16.7. The first-order valence-corrected chi connectivity index (χ1v) is 19.9. The Morgan fingerprint density at radius 3 is 1.53 bits per heavy atom. The lowest BCUT2D eigenvalue weighted by Gasteiger charge is -2.28. The van der Waals surface area contributed by atoms with Crippen molar-refractivity contribution in [1.82, 2.24) is 15.4 Å². The number of para-hydroxylation sites is 2. The van der Waals surface area contributed by atoms with E-state index in [0.29, 0.717) is 16.8 Å². The lowest BCUT2D eigenvalue weighted by Crippen LogP contribution is -2.47. The summed E-state index contributed by atoms with van der Waals surface area (Å²) in [6.45, 7) is 10.1. The maximum Gasteiger partial charge on any atom is 0.448 e. The molecule has 3 N–H and O–H groups in total. The van der Waals surface area contributed by atoms with Gasteiger partial charge in [0.15, 0.2) is 5.78 Å². The van der Waals surface area contributed by atoms with E-state index in [9.17, 15) is 22.6 Å². The number of ether oxygens (including phenoxy) is 2. The van der Waals surface area contributed by atoms with Crippen molar-refractivity contribution in [2.75, 3.05) is 0 Å². The molecule has 15 heteroatoms. The Bertz CT molecular complexity index is 1920.